The van der Waals surface area contributed by atoms with Gasteiger partial charge in [0, 0.05) is 16.9 Å². The van der Waals surface area contributed by atoms with Gasteiger partial charge in [0.1, 0.15) is 6.04 Å². The van der Waals surface area contributed by atoms with E-state index in [-0.39, 0.29) is 11.9 Å². The maximum absolute atomic E-state index is 13.9. The summed E-state index contributed by atoms with van der Waals surface area (Å²) in [6, 6.07) is 15.6. The van der Waals surface area contributed by atoms with Gasteiger partial charge in [0.05, 0.1) is 11.4 Å². The number of nitrogens with zero attached hydrogens (tertiary/aromatic N) is 2. The zero-order chi connectivity index (χ0) is 26.4. The number of amides is 1. The first kappa shape index (κ1) is 27.6. The minimum absolute atomic E-state index is 0.0582. The first-order valence-corrected chi connectivity index (χ1v) is 14.6. The quantitative estimate of drug-likeness (QED) is 0.311. The number of halogens is 1. The van der Waals surface area contributed by atoms with Crippen LogP contribution in [0.2, 0.25) is 5.02 Å². The minimum atomic E-state index is -0.366. The van der Waals surface area contributed by atoms with Crippen LogP contribution in [0, 0.1) is 24.7 Å². The van der Waals surface area contributed by atoms with Crippen LogP contribution in [0.5, 0.6) is 0 Å². The Hall–Kier alpha value is -2.41. The summed E-state index contributed by atoms with van der Waals surface area (Å²) in [6.45, 7) is 7.84. The second-order valence-electron chi connectivity index (χ2n) is 10.8. The van der Waals surface area contributed by atoms with Crippen LogP contribution >= 0.6 is 22.9 Å². The fourth-order valence-corrected chi connectivity index (χ4v) is 6.37. The number of nitrogens with one attached hydrogen (secondary N) is 1. The van der Waals surface area contributed by atoms with Crippen LogP contribution in [-0.4, -0.2) is 23.6 Å². The lowest BCUT2D eigenvalue weighted by molar-refractivity contribution is -0.125. The van der Waals surface area contributed by atoms with Crippen molar-refractivity contribution < 1.29 is 4.79 Å². The molecule has 1 aliphatic carbocycles. The molecule has 3 atom stereocenters. The van der Waals surface area contributed by atoms with Crippen molar-refractivity contribution in [3.8, 4) is 11.3 Å². The molecule has 7 heteroatoms. The molecule has 1 saturated carbocycles. The Bertz CT molecular complexity index is 1250. The van der Waals surface area contributed by atoms with Crippen LogP contribution in [0.15, 0.2) is 58.9 Å². The predicted molar refractivity (Wildman–Crippen MR) is 155 cm³/mol. The molecule has 3 aromatic rings. The van der Waals surface area contributed by atoms with Gasteiger partial charge in [-0.25, -0.2) is 4.99 Å². The molecule has 2 unspecified atom stereocenters. The average Bonchev–Trinajstić information content (AvgIpc) is 3.29. The molecule has 0 bridgehead atoms. The maximum atomic E-state index is 13.9. The summed E-state index contributed by atoms with van der Waals surface area (Å²) in [5, 5.41) is 6.11. The SMILES string of the molecule is Cc1cccc(N=c2scc(-c3ccc(Cl)cc3)n2[C@H](CC(C)C)C(=O)NCC2CCCC(CN)C2)c1. The third-order valence-electron chi connectivity index (χ3n) is 7.21. The van der Waals surface area contributed by atoms with Crippen LogP contribution in [0.25, 0.3) is 11.3 Å². The Kier molecular flexibility index (Phi) is 9.63. The molecule has 1 amide bonds. The number of benzene rings is 2. The van der Waals surface area contributed by atoms with Crippen molar-refractivity contribution >= 4 is 34.5 Å². The van der Waals surface area contributed by atoms with E-state index in [1.54, 1.807) is 11.3 Å². The van der Waals surface area contributed by atoms with Gasteiger partial charge < -0.3 is 15.6 Å². The van der Waals surface area contributed by atoms with Gasteiger partial charge in [-0.2, -0.15) is 0 Å². The summed E-state index contributed by atoms with van der Waals surface area (Å²) in [5.41, 5.74) is 9.99. The van der Waals surface area contributed by atoms with E-state index in [2.05, 4.69) is 48.2 Å². The van der Waals surface area contributed by atoms with Gasteiger partial charge in [0.25, 0.3) is 0 Å². The Labute approximate surface area is 229 Å². The van der Waals surface area contributed by atoms with Gasteiger partial charge in [-0.3, -0.25) is 4.79 Å². The largest absolute Gasteiger partial charge is 0.354 e. The van der Waals surface area contributed by atoms with Crippen LogP contribution in [0.4, 0.5) is 5.69 Å². The molecule has 0 radical (unpaired) electrons. The second kappa shape index (κ2) is 12.9. The standard InChI is InChI=1S/C30H39ClN4OS/c1-20(2)14-27(29(36)33-18-23-8-5-7-22(16-23)17-32)35-28(24-10-12-25(31)13-11-24)19-37-30(35)34-26-9-4-6-21(3)15-26/h4,6,9-13,15,19-20,22-23,27H,5,7-8,14,16-18,32H2,1-3H3,(H,33,36)/t22?,23?,27-/m1/s1. The summed E-state index contributed by atoms with van der Waals surface area (Å²) < 4.78 is 2.13. The summed E-state index contributed by atoms with van der Waals surface area (Å²) in [5.74, 6) is 1.46. The molecule has 0 aliphatic heterocycles. The zero-order valence-corrected chi connectivity index (χ0v) is 23.7. The van der Waals surface area contributed by atoms with E-state index in [0.717, 1.165) is 53.1 Å². The Morgan fingerprint density at radius 2 is 1.95 bits per heavy atom. The van der Waals surface area contributed by atoms with Crippen LogP contribution in [-0.2, 0) is 4.79 Å². The molecule has 5 nitrogen and oxygen atoms in total. The molecular formula is C30H39ClN4OS. The van der Waals surface area contributed by atoms with Gasteiger partial charge in [0.2, 0.25) is 5.91 Å². The van der Waals surface area contributed by atoms with Crippen molar-refractivity contribution in [3.05, 3.63) is 69.3 Å². The Balaban J connectivity index is 1.72. The highest BCUT2D eigenvalue weighted by Gasteiger charge is 2.28. The molecule has 1 aliphatic rings. The zero-order valence-electron chi connectivity index (χ0n) is 22.1. The second-order valence-corrected chi connectivity index (χ2v) is 12.0. The number of carbonyl (C=O) groups is 1. The molecule has 37 heavy (non-hydrogen) atoms. The Morgan fingerprint density at radius 1 is 1.19 bits per heavy atom. The molecule has 4 rings (SSSR count). The van der Waals surface area contributed by atoms with E-state index in [9.17, 15) is 4.79 Å². The highest BCUT2D eigenvalue weighted by atomic mass is 35.5. The maximum Gasteiger partial charge on any atom is 0.243 e. The van der Waals surface area contributed by atoms with E-state index >= 15 is 0 Å². The topological polar surface area (TPSA) is 72.4 Å². The number of aromatic nitrogens is 1. The lowest BCUT2D eigenvalue weighted by atomic mass is 9.81. The van der Waals surface area contributed by atoms with Crippen LogP contribution in [0.1, 0.15) is 57.6 Å². The monoisotopic (exact) mass is 538 g/mol. The Morgan fingerprint density at radius 3 is 2.65 bits per heavy atom. The molecule has 0 spiro atoms. The predicted octanol–water partition coefficient (Wildman–Crippen LogP) is 6.88. The third-order valence-corrected chi connectivity index (χ3v) is 8.30. The molecule has 1 aromatic heterocycles. The highest BCUT2D eigenvalue weighted by molar-refractivity contribution is 7.07. The van der Waals surface area contributed by atoms with E-state index in [1.165, 1.54) is 12.8 Å². The van der Waals surface area contributed by atoms with Crippen molar-refractivity contribution in [3.63, 3.8) is 0 Å². The molecule has 3 N–H and O–H groups in total. The molecule has 1 fully saturated rings. The van der Waals surface area contributed by atoms with Crippen molar-refractivity contribution in [1.29, 1.82) is 0 Å². The summed E-state index contributed by atoms with van der Waals surface area (Å²) in [6.07, 6.45) is 5.37. The smallest absolute Gasteiger partial charge is 0.243 e. The lowest BCUT2D eigenvalue weighted by Crippen LogP contribution is -2.40. The number of thiazole rings is 1. The van der Waals surface area contributed by atoms with Gasteiger partial charge in [-0.05, 0) is 92.3 Å². The average molecular weight is 539 g/mol. The van der Waals surface area contributed by atoms with Gasteiger partial charge in [0.15, 0.2) is 4.80 Å². The molecular weight excluding hydrogens is 500 g/mol. The van der Waals surface area contributed by atoms with E-state index in [0.29, 0.717) is 29.3 Å². The van der Waals surface area contributed by atoms with E-state index in [4.69, 9.17) is 22.3 Å². The van der Waals surface area contributed by atoms with Gasteiger partial charge in [-0.15, -0.1) is 11.3 Å². The van der Waals surface area contributed by atoms with Crippen LogP contribution in [0.3, 0.4) is 0 Å². The first-order valence-electron chi connectivity index (χ1n) is 13.4. The van der Waals surface area contributed by atoms with Crippen LogP contribution < -0.4 is 15.9 Å². The van der Waals surface area contributed by atoms with Gasteiger partial charge >= 0.3 is 0 Å². The third kappa shape index (κ3) is 7.34. The normalized spacial score (nSPS) is 19.2. The number of hydrogen-bond donors (Lipinski definition) is 2. The fourth-order valence-electron chi connectivity index (χ4n) is 5.28. The number of rotatable bonds is 9. The number of nitrogens with two attached hydrogens (primary N) is 1. The first-order chi connectivity index (χ1) is 17.8. The van der Waals surface area contributed by atoms with E-state index < -0.39 is 0 Å². The van der Waals surface area contributed by atoms with E-state index in [1.807, 2.05) is 36.4 Å². The molecule has 0 saturated heterocycles. The summed E-state index contributed by atoms with van der Waals surface area (Å²) in [4.78, 5) is 19.7. The number of aryl methyl sites for hydroxylation is 1. The molecule has 198 valence electrons. The highest BCUT2D eigenvalue weighted by Crippen LogP contribution is 2.30. The van der Waals surface area contributed by atoms with Crippen molar-refractivity contribution in [1.82, 2.24) is 9.88 Å². The number of carbonyl (C=O) groups excluding carboxylic acids is 1. The van der Waals surface area contributed by atoms with Crippen molar-refractivity contribution in [2.45, 2.75) is 58.9 Å². The molecule has 1 heterocycles. The number of hydrogen-bond acceptors (Lipinski definition) is 4. The lowest BCUT2D eigenvalue weighted by Gasteiger charge is -2.29. The fraction of sp³-hybridized carbons (Fsp3) is 0.467. The van der Waals surface area contributed by atoms with Crippen molar-refractivity contribution in [2.24, 2.45) is 28.5 Å². The minimum Gasteiger partial charge on any atom is -0.354 e. The molecule has 2 aromatic carbocycles. The van der Waals surface area contributed by atoms with Gasteiger partial charge in [-0.1, -0.05) is 56.1 Å². The summed E-state index contributed by atoms with van der Waals surface area (Å²) >= 11 is 7.76. The van der Waals surface area contributed by atoms with Crippen molar-refractivity contribution in [2.75, 3.05) is 13.1 Å². The summed E-state index contributed by atoms with van der Waals surface area (Å²) in [7, 11) is 0.